The minimum atomic E-state index is -4.86. The Bertz CT molecular complexity index is 1040. The molecule has 0 spiro atoms. The fourth-order valence-corrected chi connectivity index (χ4v) is 4.60. The summed E-state index contributed by atoms with van der Waals surface area (Å²) in [7, 11) is -3.92. The quantitative estimate of drug-likeness (QED) is 0.568. The van der Waals surface area contributed by atoms with E-state index in [2.05, 4.69) is 4.74 Å². The third-order valence-electron chi connectivity index (χ3n) is 4.78. The van der Waals surface area contributed by atoms with Gasteiger partial charge in [-0.2, -0.15) is 4.31 Å². The molecule has 0 N–H and O–H groups in total. The fraction of sp³-hybridized carbons (Fsp3) is 0.381. The molecule has 1 amide bonds. The molecule has 0 aliphatic carbocycles. The van der Waals surface area contributed by atoms with Gasteiger partial charge >= 0.3 is 6.36 Å². The number of halogens is 3. The number of piperazine rings is 1. The number of hydrogen-bond acceptors (Lipinski definition) is 6. The van der Waals surface area contributed by atoms with Crippen LogP contribution in [-0.2, 0) is 14.8 Å². The first kappa shape index (κ1) is 24.6. The van der Waals surface area contributed by atoms with Crippen LogP contribution >= 0.6 is 0 Å². The molecular formula is C21H23F3N2O6S. The van der Waals surface area contributed by atoms with Crippen molar-refractivity contribution in [2.75, 3.05) is 39.4 Å². The summed E-state index contributed by atoms with van der Waals surface area (Å²) < 4.78 is 78.1. The Morgan fingerprint density at radius 1 is 0.879 bits per heavy atom. The number of carbonyl (C=O) groups excluding carboxylic acids is 1. The van der Waals surface area contributed by atoms with Gasteiger partial charge in [0.2, 0.25) is 10.0 Å². The molecule has 0 aromatic heterocycles. The van der Waals surface area contributed by atoms with Crippen molar-refractivity contribution in [1.29, 1.82) is 0 Å². The number of rotatable bonds is 8. The molecule has 1 saturated heterocycles. The van der Waals surface area contributed by atoms with Gasteiger partial charge in [-0.1, -0.05) is 0 Å². The van der Waals surface area contributed by atoms with E-state index in [1.165, 1.54) is 9.21 Å². The summed E-state index contributed by atoms with van der Waals surface area (Å²) >= 11 is 0. The average Bonchev–Trinajstić information content (AvgIpc) is 2.78. The first-order valence-corrected chi connectivity index (χ1v) is 11.5. The largest absolute Gasteiger partial charge is 0.573 e. The second kappa shape index (κ2) is 10.3. The summed E-state index contributed by atoms with van der Waals surface area (Å²) in [4.78, 5) is 13.8. The molecule has 0 saturated carbocycles. The summed E-state index contributed by atoms with van der Waals surface area (Å²) in [6.07, 6.45) is -4.86. The van der Waals surface area contributed by atoms with E-state index in [9.17, 15) is 26.4 Å². The highest BCUT2D eigenvalue weighted by atomic mass is 32.2. The van der Waals surface area contributed by atoms with Crippen molar-refractivity contribution in [3.63, 3.8) is 0 Å². The van der Waals surface area contributed by atoms with Crippen molar-refractivity contribution in [1.82, 2.24) is 9.21 Å². The van der Waals surface area contributed by atoms with Crippen LogP contribution in [0.1, 0.15) is 6.92 Å². The molecule has 8 nitrogen and oxygen atoms in total. The Kier molecular flexibility index (Phi) is 7.69. The van der Waals surface area contributed by atoms with Crippen LogP contribution < -0.4 is 14.2 Å². The van der Waals surface area contributed by atoms with Crippen molar-refractivity contribution in [2.24, 2.45) is 0 Å². The maximum atomic E-state index is 12.8. The van der Waals surface area contributed by atoms with Gasteiger partial charge in [0.05, 0.1) is 11.5 Å². The molecule has 1 fully saturated rings. The lowest BCUT2D eigenvalue weighted by molar-refractivity contribution is -0.274. The Balaban J connectivity index is 1.51. The van der Waals surface area contributed by atoms with Crippen molar-refractivity contribution in [3.05, 3.63) is 48.5 Å². The normalized spacial score (nSPS) is 15.2. The highest BCUT2D eigenvalue weighted by Gasteiger charge is 2.32. The number of alkyl halides is 3. The summed E-state index contributed by atoms with van der Waals surface area (Å²) in [6, 6.07) is 10.8. The summed E-state index contributed by atoms with van der Waals surface area (Å²) in [5.41, 5.74) is 0. The van der Waals surface area contributed by atoms with E-state index < -0.39 is 22.1 Å². The van der Waals surface area contributed by atoms with E-state index >= 15 is 0 Å². The molecule has 1 heterocycles. The van der Waals surface area contributed by atoms with E-state index in [1.54, 1.807) is 24.3 Å². The molecule has 1 aliphatic heterocycles. The van der Waals surface area contributed by atoms with Crippen LogP contribution in [0.25, 0.3) is 0 Å². The number of nitrogens with zero attached hydrogens (tertiary/aromatic N) is 2. The highest BCUT2D eigenvalue weighted by molar-refractivity contribution is 7.89. The van der Waals surface area contributed by atoms with Gasteiger partial charge in [-0.15, -0.1) is 13.2 Å². The minimum Gasteiger partial charge on any atom is -0.494 e. The van der Waals surface area contributed by atoms with E-state index in [4.69, 9.17) is 9.47 Å². The van der Waals surface area contributed by atoms with Crippen molar-refractivity contribution in [2.45, 2.75) is 18.2 Å². The van der Waals surface area contributed by atoms with Crippen LogP contribution in [0, 0.1) is 0 Å². The molecule has 0 atom stereocenters. The standard InChI is InChI=1S/C21H23F3N2O6S/c1-2-30-16-3-5-17(6-4-16)31-15-20(27)25-11-13-26(14-12-25)33(28,29)19-9-7-18(8-10-19)32-21(22,23)24/h3-10H,2,11-15H2,1H3. The highest BCUT2D eigenvalue weighted by Crippen LogP contribution is 2.25. The van der Waals surface area contributed by atoms with E-state index in [0.29, 0.717) is 18.1 Å². The molecule has 2 aromatic rings. The van der Waals surface area contributed by atoms with Crippen LogP contribution in [0.15, 0.2) is 53.4 Å². The zero-order valence-electron chi connectivity index (χ0n) is 17.7. The predicted molar refractivity (Wildman–Crippen MR) is 112 cm³/mol. The van der Waals surface area contributed by atoms with Gasteiger partial charge in [-0.3, -0.25) is 4.79 Å². The molecule has 0 radical (unpaired) electrons. The molecule has 0 bridgehead atoms. The minimum absolute atomic E-state index is 0.0535. The first-order chi connectivity index (χ1) is 15.6. The van der Waals surface area contributed by atoms with Gasteiger partial charge in [-0.05, 0) is 55.5 Å². The summed E-state index contributed by atoms with van der Waals surface area (Å²) in [5, 5.41) is 0. The van der Waals surface area contributed by atoms with Crippen molar-refractivity contribution >= 4 is 15.9 Å². The lowest BCUT2D eigenvalue weighted by Crippen LogP contribution is -2.51. The monoisotopic (exact) mass is 488 g/mol. The van der Waals surface area contributed by atoms with E-state index in [1.807, 2.05) is 6.92 Å². The molecule has 3 rings (SSSR count). The maximum absolute atomic E-state index is 12.8. The van der Waals surface area contributed by atoms with Gasteiger partial charge in [0.25, 0.3) is 5.91 Å². The molecule has 2 aromatic carbocycles. The third-order valence-corrected chi connectivity index (χ3v) is 6.70. The zero-order valence-corrected chi connectivity index (χ0v) is 18.6. The Labute approximate surface area is 189 Å². The Hall–Kier alpha value is -2.99. The zero-order chi connectivity index (χ0) is 24.1. The SMILES string of the molecule is CCOc1ccc(OCC(=O)N2CCN(S(=O)(=O)c3ccc(OC(F)(F)F)cc3)CC2)cc1. The topological polar surface area (TPSA) is 85.4 Å². The number of benzene rings is 2. The van der Waals surface area contributed by atoms with Crippen LogP contribution in [0.4, 0.5) is 13.2 Å². The van der Waals surface area contributed by atoms with Crippen molar-refractivity contribution < 1.29 is 40.6 Å². The number of sulfonamides is 1. The number of hydrogen-bond donors (Lipinski definition) is 0. The molecule has 33 heavy (non-hydrogen) atoms. The lowest BCUT2D eigenvalue weighted by atomic mass is 10.3. The van der Waals surface area contributed by atoms with Crippen LogP contribution in [0.5, 0.6) is 17.2 Å². The predicted octanol–water partition coefficient (Wildman–Crippen LogP) is 2.90. The second-order valence-corrected chi connectivity index (χ2v) is 8.94. The molecular weight excluding hydrogens is 465 g/mol. The second-order valence-electron chi connectivity index (χ2n) is 7.00. The smallest absolute Gasteiger partial charge is 0.494 e. The molecule has 1 aliphatic rings. The van der Waals surface area contributed by atoms with Gasteiger partial charge in [-0.25, -0.2) is 8.42 Å². The van der Waals surface area contributed by atoms with Crippen LogP contribution in [0.2, 0.25) is 0 Å². The van der Waals surface area contributed by atoms with Crippen LogP contribution in [0.3, 0.4) is 0 Å². The first-order valence-electron chi connectivity index (χ1n) is 10.1. The number of amides is 1. The fourth-order valence-electron chi connectivity index (χ4n) is 3.18. The van der Waals surface area contributed by atoms with Crippen molar-refractivity contribution in [3.8, 4) is 17.2 Å². The van der Waals surface area contributed by atoms with Gasteiger partial charge < -0.3 is 19.1 Å². The van der Waals surface area contributed by atoms with Gasteiger partial charge in [0, 0.05) is 26.2 Å². The van der Waals surface area contributed by atoms with Crippen LogP contribution in [-0.4, -0.2) is 69.3 Å². The number of ether oxygens (including phenoxy) is 3. The number of carbonyl (C=O) groups is 1. The van der Waals surface area contributed by atoms with E-state index in [0.717, 1.165) is 24.3 Å². The summed E-state index contributed by atoms with van der Waals surface area (Å²) in [6.45, 7) is 2.66. The molecule has 180 valence electrons. The molecule has 0 unspecified atom stereocenters. The third kappa shape index (κ3) is 6.75. The maximum Gasteiger partial charge on any atom is 0.573 e. The van der Waals surface area contributed by atoms with E-state index in [-0.39, 0.29) is 43.6 Å². The Morgan fingerprint density at radius 3 is 1.91 bits per heavy atom. The average molecular weight is 488 g/mol. The summed E-state index contributed by atoms with van der Waals surface area (Å²) in [5.74, 6) is 0.404. The van der Waals surface area contributed by atoms with Gasteiger partial charge in [0.15, 0.2) is 6.61 Å². The lowest BCUT2D eigenvalue weighted by Gasteiger charge is -2.34. The Morgan fingerprint density at radius 2 is 1.39 bits per heavy atom. The molecule has 12 heteroatoms. The van der Waals surface area contributed by atoms with Gasteiger partial charge in [0.1, 0.15) is 17.2 Å².